The van der Waals surface area contributed by atoms with Crippen LogP contribution in [0.3, 0.4) is 0 Å². The molecule has 1 saturated carbocycles. The number of hydrogen-bond acceptors (Lipinski definition) is 4. The Morgan fingerprint density at radius 1 is 1.47 bits per heavy atom. The van der Waals surface area contributed by atoms with Crippen LogP contribution in [0, 0.1) is 10.1 Å². The van der Waals surface area contributed by atoms with Crippen LogP contribution in [0.25, 0.3) is 0 Å². The Kier molecular flexibility index (Phi) is 3.63. The van der Waals surface area contributed by atoms with Crippen molar-refractivity contribution in [2.24, 2.45) is 0 Å². The van der Waals surface area contributed by atoms with E-state index in [4.69, 9.17) is 4.74 Å². The second-order valence-corrected chi connectivity index (χ2v) is 4.94. The summed E-state index contributed by atoms with van der Waals surface area (Å²) >= 11 is 3.18. The third kappa shape index (κ3) is 2.76. The number of aliphatic hydroxyl groups is 1. The van der Waals surface area contributed by atoms with Gasteiger partial charge in [-0.05, 0) is 31.4 Å². The number of hydrogen-bond donors (Lipinski definition) is 1. The lowest BCUT2D eigenvalue weighted by molar-refractivity contribution is -0.386. The molecule has 0 radical (unpaired) electrons. The monoisotopic (exact) mass is 301 g/mol. The van der Waals surface area contributed by atoms with Crippen LogP contribution >= 0.6 is 15.9 Å². The van der Waals surface area contributed by atoms with Crippen LogP contribution in [0.15, 0.2) is 22.7 Å². The van der Waals surface area contributed by atoms with Crippen LogP contribution in [0.2, 0.25) is 0 Å². The number of nitro benzene ring substituents is 1. The molecule has 2 rings (SSSR count). The van der Waals surface area contributed by atoms with Crippen LogP contribution < -0.4 is 4.74 Å². The van der Waals surface area contributed by atoms with Gasteiger partial charge in [0.25, 0.3) is 0 Å². The standard InChI is InChI=1S/C11H12BrNO4/c12-7-4-5-10(8(6-7)13(15)16)17-11-3-1-2-9(11)14/h4-6,9,11,14H,1-3H2/t9-,11-/m1/s1. The molecule has 0 aromatic heterocycles. The molecule has 1 aromatic carbocycles. The van der Waals surface area contributed by atoms with Crippen LogP contribution in [0.5, 0.6) is 5.75 Å². The fourth-order valence-electron chi connectivity index (χ4n) is 1.94. The van der Waals surface area contributed by atoms with Gasteiger partial charge in [0.15, 0.2) is 5.75 Å². The lowest BCUT2D eigenvalue weighted by Crippen LogP contribution is -2.25. The summed E-state index contributed by atoms with van der Waals surface area (Å²) in [5.74, 6) is 0.212. The zero-order chi connectivity index (χ0) is 12.4. The minimum atomic E-state index is -0.529. The summed E-state index contributed by atoms with van der Waals surface area (Å²) in [6, 6.07) is 4.63. The average Bonchev–Trinajstić information content (AvgIpc) is 2.67. The summed E-state index contributed by atoms with van der Waals surface area (Å²) in [6.45, 7) is 0. The SMILES string of the molecule is O=[N+]([O-])c1cc(Br)ccc1O[C@@H]1CCC[C@H]1O. The average molecular weight is 302 g/mol. The molecule has 0 aliphatic heterocycles. The Bertz CT molecular complexity index is 437. The molecule has 1 fully saturated rings. The molecule has 2 atom stereocenters. The van der Waals surface area contributed by atoms with E-state index in [-0.39, 0.29) is 17.5 Å². The summed E-state index contributed by atoms with van der Waals surface area (Å²) in [7, 11) is 0. The van der Waals surface area contributed by atoms with Gasteiger partial charge < -0.3 is 9.84 Å². The first-order valence-electron chi connectivity index (χ1n) is 5.36. The second kappa shape index (κ2) is 5.01. The second-order valence-electron chi connectivity index (χ2n) is 4.02. The van der Waals surface area contributed by atoms with E-state index in [9.17, 15) is 15.2 Å². The Morgan fingerprint density at radius 2 is 2.24 bits per heavy atom. The van der Waals surface area contributed by atoms with E-state index in [1.807, 2.05) is 0 Å². The van der Waals surface area contributed by atoms with Gasteiger partial charge in [0.1, 0.15) is 6.10 Å². The zero-order valence-electron chi connectivity index (χ0n) is 9.01. The minimum Gasteiger partial charge on any atom is -0.481 e. The smallest absolute Gasteiger partial charge is 0.312 e. The van der Waals surface area contributed by atoms with Crippen molar-refractivity contribution in [1.29, 1.82) is 0 Å². The van der Waals surface area contributed by atoms with Gasteiger partial charge in [0.2, 0.25) is 0 Å². The molecule has 1 aliphatic carbocycles. The van der Waals surface area contributed by atoms with Gasteiger partial charge in [-0.3, -0.25) is 10.1 Å². The lowest BCUT2D eigenvalue weighted by atomic mass is 10.2. The van der Waals surface area contributed by atoms with Crippen molar-refractivity contribution < 1.29 is 14.8 Å². The maximum atomic E-state index is 10.9. The van der Waals surface area contributed by atoms with Gasteiger partial charge in [0, 0.05) is 10.5 Å². The van der Waals surface area contributed by atoms with Crippen LogP contribution in [-0.4, -0.2) is 22.2 Å². The van der Waals surface area contributed by atoms with E-state index in [1.165, 1.54) is 6.07 Å². The first-order valence-corrected chi connectivity index (χ1v) is 6.16. The highest BCUT2D eigenvalue weighted by atomic mass is 79.9. The minimum absolute atomic E-state index is 0.0847. The normalized spacial score (nSPS) is 23.6. The molecular formula is C11H12BrNO4. The molecule has 1 aliphatic rings. The molecule has 17 heavy (non-hydrogen) atoms. The molecule has 1 N–H and O–H groups in total. The van der Waals surface area contributed by atoms with Gasteiger partial charge in [-0.25, -0.2) is 0 Å². The zero-order valence-corrected chi connectivity index (χ0v) is 10.6. The van der Waals surface area contributed by atoms with Crippen LogP contribution in [0.4, 0.5) is 5.69 Å². The number of ether oxygens (including phenoxy) is 1. The highest BCUT2D eigenvalue weighted by Gasteiger charge is 2.29. The highest BCUT2D eigenvalue weighted by Crippen LogP contribution is 2.33. The third-order valence-corrected chi connectivity index (χ3v) is 3.31. The first-order chi connectivity index (χ1) is 8.08. The number of benzene rings is 1. The van der Waals surface area contributed by atoms with Crippen LogP contribution in [0.1, 0.15) is 19.3 Å². The molecule has 0 amide bonds. The summed E-state index contributed by atoms with van der Waals surface area (Å²) < 4.78 is 6.15. The van der Waals surface area contributed by atoms with Crippen molar-refractivity contribution in [1.82, 2.24) is 0 Å². The number of rotatable bonds is 3. The van der Waals surface area contributed by atoms with Gasteiger partial charge in [-0.1, -0.05) is 15.9 Å². The van der Waals surface area contributed by atoms with Crippen molar-refractivity contribution in [3.05, 3.63) is 32.8 Å². The molecule has 0 spiro atoms. The molecule has 6 heteroatoms. The number of aliphatic hydroxyl groups excluding tert-OH is 1. The van der Waals surface area contributed by atoms with E-state index >= 15 is 0 Å². The van der Waals surface area contributed by atoms with E-state index in [0.29, 0.717) is 10.9 Å². The maximum absolute atomic E-state index is 10.9. The molecular weight excluding hydrogens is 290 g/mol. The Hall–Kier alpha value is -1.14. The predicted octanol–water partition coefficient (Wildman–Crippen LogP) is 2.65. The van der Waals surface area contributed by atoms with Gasteiger partial charge in [0.05, 0.1) is 11.0 Å². The Morgan fingerprint density at radius 3 is 2.82 bits per heavy atom. The fraction of sp³-hybridized carbons (Fsp3) is 0.455. The van der Waals surface area contributed by atoms with Crippen molar-refractivity contribution >= 4 is 21.6 Å². The van der Waals surface area contributed by atoms with Gasteiger partial charge >= 0.3 is 5.69 Å². The van der Waals surface area contributed by atoms with Crippen molar-refractivity contribution in [3.63, 3.8) is 0 Å². The Balaban J connectivity index is 2.22. The highest BCUT2D eigenvalue weighted by molar-refractivity contribution is 9.10. The van der Waals surface area contributed by atoms with Crippen molar-refractivity contribution in [3.8, 4) is 5.75 Å². The quantitative estimate of drug-likeness (QED) is 0.688. The predicted molar refractivity (Wildman–Crippen MR) is 65.1 cm³/mol. The Labute approximate surface area is 107 Å². The first kappa shape index (κ1) is 12.3. The summed E-state index contributed by atoms with van der Waals surface area (Å²) in [5.41, 5.74) is -0.0847. The molecule has 0 saturated heterocycles. The largest absolute Gasteiger partial charge is 0.481 e. The van der Waals surface area contributed by atoms with Crippen molar-refractivity contribution in [2.75, 3.05) is 0 Å². The molecule has 1 aromatic rings. The molecule has 0 unspecified atom stereocenters. The summed E-state index contributed by atoms with van der Waals surface area (Å²) in [5, 5.41) is 20.5. The van der Waals surface area contributed by atoms with E-state index in [2.05, 4.69) is 15.9 Å². The fourth-order valence-corrected chi connectivity index (χ4v) is 2.29. The summed E-state index contributed by atoms with van der Waals surface area (Å²) in [4.78, 5) is 10.4. The molecule has 92 valence electrons. The van der Waals surface area contributed by atoms with Crippen molar-refractivity contribution in [2.45, 2.75) is 31.5 Å². The molecule has 0 bridgehead atoms. The topological polar surface area (TPSA) is 72.6 Å². The lowest BCUT2D eigenvalue weighted by Gasteiger charge is -2.16. The van der Waals surface area contributed by atoms with E-state index in [0.717, 1.165) is 12.8 Å². The molecule has 5 nitrogen and oxygen atoms in total. The number of nitrogens with zero attached hydrogens (tertiary/aromatic N) is 1. The van der Waals surface area contributed by atoms with Crippen LogP contribution in [-0.2, 0) is 0 Å². The maximum Gasteiger partial charge on any atom is 0.312 e. The van der Waals surface area contributed by atoms with E-state index < -0.39 is 11.0 Å². The van der Waals surface area contributed by atoms with E-state index in [1.54, 1.807) is 12.1 Å². The number of nitro groups is 1. The van der Waals surface area contributed by atoms with Gasteiger partial charge in [-0.15, -0.1) is 0 Å². The molecule has 0 heterocycles. The summed E-state index contributed by atoms with van der Waals surface area (Å²) in [6.07, 6.45) is 1.44. The third-order valence-electron chi connectivity index (χ3n) is 2.81. The van der Waals surface area contributed by atoms with Gasteiger partial charge in [-0.2, -0.15) is 0 Å². The number of halogens is 1.